The largest absolute Gasteiger partial charge is 0.328 e. The van der Waals surface area contributed by atoms with E-state index in [1.54, 1.807) is 0 Å². The van der Waals surface area contributed by atoms with Crippen LogP contribution in [-0.2, 0) is 13.0 Å². The van der Waals surface area contributed by atoms with E-state index in [1.807, 2.05) is 18.2 Å². The molecular formula is C14H18ClN3. The van der Waals surface area contributed by atoms with E-state index >= 15 is 0 Å². The molecular weight excluding hydrogens is 246 g/mol. The van der Waals surface area contributed by atoms with Crippen LogP contribution in [0.3, 0.4) is 0 Å². The summed E-state index contributed by atoms with van der Waals surface area (Å²) in [5, 5.41) is 4.31. The molecule has 1 aromatic carbocycles. The van der Waals surface area contributed by atoms with Crippen LogP contribution in [-0.4, -0.2) is 22.1 Å². The molecule has 1 aromatic heterocycles. The fourth-order valence-electron chi connectivity index (χ4n) is 2.37. The van der Waals surface area contributed by atoms with Crippen molar-refractivity contribution in [1.82, 2.24) is 14.9 Å². The van der Waals surface area contributed by atoms with Crippen molar-refractivity contribution in [1.29, 1.82) is 0 Å². The van der Waals surface area contributed by atoms with Gasteiger partial charge in [0.2, 0.25) is 0 Å². The summed E-state index contributed by atoms with van der Waals surface area (Å²) in [6.45, 7) is 4.11. The van der Waals surface area contributed by atoms with E-state index in [2.05, 4.69) is 16.8 Å². The van der Waals surface area contributed by atoms with Crippen molar-refractivity contribution in [2.24, 2.45) is 0 Å². The lowest BCUT2D eigenvalue weighted by Gasteiger charge is -2.06. The first-order chi connectivity index (χ1) is 8.78. The Morgan fingerprint density at radius 1 is 1.44 bits per heavy atom. The SMILES string of the molecule is CCn1c(CCNC2CC2)nc2ccc(Cl)cc21. The van der Waals surface area contributed by atoms with E-state index in [9.17, 15) is 0 Å². The van der Waals surface area contributed by atoms with Crippen LogP contribution in [0.15, 0.2) is 18.2 Å². The number of hydrogen-bond donors (Lipinski definition) is 1. The molecule has 1 fully saturated rings. The summed E-state index contributed by atoms with van der Waals surface area (Å²) >= 11 is 6.06. The summed E-state index contributed by atoms with van der Waals surface area (Å²) in [6.07, 6.45) is 3.65. The molecule has 2 aromatic rings. The second-order valence-corrected chi connectivity index (χ2v) is 5.32. The first-order valence-corrected chi connectivity index (χ1v) is 7.04. The highest BCUT2D eigenvalue weighted by molar-refractivity contribution is 6.31. The number of imidazole rings is 1. The average Bonchev–Trinajstić information content (AvgIpc) is 3.10. The topological polar surface area (TPSA) is 29.9 Å². The number of nitrogens with one attached hydrogen (secondary N) is 1. The first kappa shape index (κ1) is 12.0. The monoisotopic (exact) mass is 263 g/mol. The molecule has 3 rings (SSSR count). The zero-order chi connectivity index (χ0) is 12.5. The molecule has 0 radical (unpaired) electrons. The van der Waals surface area contributed by atoms with Gasteiger partial charge >= 0.3 is 0 Å². The number of aryl methyl sites for hydroxylation is 1. The predicted molar refractivity (Wildman–Crippen MR) is 75.1 cm³/mol. The van der Waals surface area contributed by atoms with Crippen molar-refractivity contribution in [2.75, 3.05) is 6.54 Å². The Balaban J connectivity index is 1.84. The highest BCUT2D eigenvalue weighted by atomic mass is 35.5. The maximum atomic E-state index is 6.06. The van der Waals surface area contributed by atoms with E-state index in [-0.39, 0.29) is 0 Å². The molecule has 0 aliphatic heterocycles. The van der Waals surface area contributed by atoms with Crippen LogP contribution >= 0.6 is 11.6 Å². The predicted octanol–water partition coefficient (Wildman–Crippen LogP) is 3.00. The lowest BCUT2D eigenvalue weighted by molar-refractivity contribution is 0.637. The summed E-state index contributed by atoms with van der Waals surface area (Å²) in [5.41, 5.74) is 2.19. The molecule has 0 unspecified atom stereocenters. The number of benzene rings is 1. The second-order valence-electron chi connectivity index (χ2n) is 4.88. The third-order valence-electron chi connectivity index (χ3n) is 3.46. The zero-order valence-electron chi connectivity index (χ0n) is 10.6. The zero-order valence-corrected chi connectivity index (χ0v) is 11.4. The third-order valence-corrected chi connectivity index (χ3v) is 3.70. The molecule has 0 bridgehead atoms. The molecule has 1 heterocycles. The maximum Gasteiger partial charge on any atom is 0.111 e. The van der Waals surface area contributed by atoms with Crippen LogP contribution in [0.25, 0.3) is 11.0 Å². The number of rotatable bonds is 5. The molecule has 4 heteroatoms. The van der Waals surface area contributed by atoms with Gasteiger partial charge in [0.15, 0.2) is 0 Å². The summed E-state index contributed by atoms with van der Waals surface area (Å²) < 4.78 is 2.26. The summed E-state index contributed by atoms with van der Waals surface area (Å²) in [7, 11) is 0. The van der Waals surface area contributed by atoms with Crippen molar-refractivity contribution >= 4 is 22.6 Å². The lowest BCUT2D eigenvalue weighted by Crippen LogP contribution is -2.20. The van der Waals surface area contributed by atoms with Gasteiger partial charge < -0.3 is 9.88 Å². The molecule has 3 nitrogen and oxygen atoms in total. The fourth-order valence-corrected chi connectivity index (χ4v) is 2.53. The fraction of sp³-hybridized carbons (Fsp3) is 0.500. The number of fused-ring (bicyclic) bond motifs is 1. The van der Waals surface area contributed by atoms with Crippen molar-refractivity contribution in [3.63, 3.8) is 0 Å². The normalized spacial score (nSPS) is 15.4. The molecule has 18 heavy (non-hydrogen) atoms. The molecule has 0 amide bonds. The first-order valence-electron chi connectivity index (χ1n) is 6.66. The minimum Gasteiger partial charge on any atom is -0.328 e. The van der Waals surface area contributed by atoms with Crippen LogP contribution in [0.4, 0.5) is 0 Å². The van der Waals surface area contributed by atoms with Gasteiger partial charge in [-0.1, -0.05) is 11.6 Å². The Labute approximate surface area is 112 Å². The van der Waals surface area contributed by atoms with Crippen LogP contribution < -0.4 is 5.32 Å². The minimum absolute atomic E-state index is 0.763. The quantitative estimate of drug-likeness (QED) is 0.899. The number of hydrogen-bond acceptors (Lipinski definition) is 2. The van der Waals surface area contributed by atoms with Crippen molar-refractivity contribution < 1.29 is 0 Å². The average molecular weight is 264 g/mol. The molecule has 1 aliphatic rings. The highest BCUT2D eigenvalue weighted by Gasteiger charge is 2.20. The smallest absolute Gasteiger partial charge is 0.111 e. The molecule has 96 valence electrons. The third kappa shape index (κ3) is 2.38. The van der Waals surface area contributed by atoms with Gasteiger partial charge in [-0.3, -0.25) is 0 Å². The van der Waals surface area contributed by atoms with Crippen LogP contribution in [0.1, 0.15) is 25.6 Å². The summed E-state index contributed by atoms with van der Waals surface area (Å²) in [6, 6.07) is 6.68. The minimum atomic E-state index is 0.763. The van der Waals surface area contributed by atoms with Crippen LogP contribution in [0, 0.1) is 0 Å². The summed E-state index contributed by atoms with van der Waals surface area (Å²) in [5.74, 6) is 1.16. The van der Waals surface area contributed by atoms with Crippen molar-refractivity contribution in [3.8, 4) is 0 Å². The lowest BCUT2D eigenvalue weighted by atomic mass is 10.3. The van der Waals surface area contributed by atoms with Gasteiger partial charge in [-0.25, -0.2) is 4.98 Å². The van der Waals surface area contributed by atoms with E-state index in [4.69, 9.17) is 16.6 Å². The molecule has 0 atom stereocenters. The van der Waals surface area contributed by atoms with Gasteiger partial charge in [-0.2, -0.15) is 0 Å². The van der Waals surface area contributed by atoms with Crippen molar-refractivity contribution in [3.05, 3.63) is 29.0 Å². The Morgan fingerprint density at radius 3 is 3.00 bits per heavy atom. The standard InChI is InChI=1S/C14H18ClN3/c1-2-18-13-9-10(15)3-6-12(13)17-14(18)7-8-16-11-4-5-11/h3,6,9,11,16H,2,4-5,7-8H2,1H3. The van der Waals surface area contributed by atoms with E-state index in [1.165, 1.54) is 12.8 Å². The number of aromatic nitrogens is 2. The Morgan fingerprint density at radius 2 is 2.28 bits per heavy atom. The molecule has 1 saturated carbocycles. The molecule has 0 spiro atoms. The van der Waals surface area contributed by atoms with Crippen LogP contribution in [0.5, 0.6) is 0 Å². The van der Waals surface area contributed by atoms with Gasteiger partial charge in [-0.15, -0.1) is 0 Å². The Hall–Kier alpha value is -1.06. The highest BCUT2D eigenvalue weighted by Crippen LogP contribution is 2.21. The number of nitrogens with zero attached hydrogens (tertiary/aromatic N) is 2. The van der Waals surface area contributed by atoms with E-state index < -0.39 is 0 Å². The van der Waals surface area contributed by atoms with Gasteiger partial charge in [0.1, 0.15) is 5.82 Å². The van der Waals surface area contributed by atoms with Gasteiger partial charge in [0, 0.05) is 30.6 Å². The van der Waals surface area contributed by atoms with Crippen LogP contribution in [0.2, 0.25) is 5.02 Å². The molecule has 1 N–H and O–H groups in total. The van der Waals surface area contributed by atoms with E-state index in [0.29, 0.717) is 0 Å². The van der Waals surface area contributed by atoms with Gasteiger partial charge in [0.05, 0.1) is 11.0 Å². The molecule has 1 aliphatic carbocycles. The van der Waals surface area contributed by atoms with E-state index in [0.717, 1.165) is 47.4 Å². The van der Waals surface area contributed by atoms with Gasteiger partial charge in [-0.05, 0) is 38.0 Å². The van der Waals surface area contributed by atoms with Crippen molar-refractivity contribution in [2.45, 2.75) is 38.8 Å². The van der Waals surface area contributed by atoms with Gasteiger partial charge in [0.25, 0.3) is 0 Å². The summed E-state index contributed by atoms with van der Waals surface area (Å²) in [4.78, 5) is 4.71. The second kappa shape index (κ2) is 4.90. The Bertz CT molecular complexity index is 557. The maximum absolute atomic E-state index is 6.06. The Kier molecular flexibility index (Phi) is 3.27. The number of halogens is 1. The molecule has 0 saturated heterocycles.